The lowest BCUT2D eigenvalue weighted by Gasteiger charge is -2.08. The molecule has 0 saturated heterocycles. The molecule has 2 atom stereocenters. The van der Waals surface area contributed by atoms with E-state index in [4.69, 9.17) is 10.9 Å². The minimum Gasteiger partial charge on any atom is -0.409 e. The van der Waals surface area contributed by atoms with Gasteiger partial charge in [-0.05, 0) is 30.4 Å². The maximum Gasteiger partial charge on any atom is 0.189 e. The third kappa shape index (κ3) is 2.98. The Balaban J connectivity index is 1.94. The molecule has 5 nitrogen and oxygen atoms in total. The van der Waals surface area contributed by atoms with Gasteiger partial charge in [-0.25, -0.2) is 0 Å². The number of oxime groups is 1. The van der Waals surface area contributed by atoms with Gasteiger partial charge in [0, 0.05) is 18.8 Å². The van der Waals surface area contributed by atoms with Crippen LogP contribution >= 0.6 is 0 Å². The van der Waals surface area contributed by atoms with Gasteiger partial charge in [0.1, 0.15) is 5.69 Å². The largest absolute Gasteiger partial charge is 0.409 e. The van der Waals surface area contributed by atoms with Crippen LogP contribution in [0.2, 0.25) is 0 Å². The minimum atomic E-state index is 0.0632. The molecule has 0 bridgehead atoms. The van der Waals surface area contributed by atoms with E-state index in [-0.39, 0.29) is 5.84 Å². The predicted octanol–water partition coefficient (Wildman–Crippen LogP) is 1.45. The molecule has 5 heteroatoms. The van der Waals surface area contributed by atoms with Gasteiger partial charge < -0.3 is 16.3 Å². The van der Waals surface area contributed by atoms with Crippen molar-refractivity contribution in [3.8, 4) is 0 Å². The van der Waals surface area contributed by atoms with Gasteiger partial charge in [-0.2, -0.15) is 0 Å². The summed E-state index contributed by atoms with van der Waals surface area (Å²) in [7, 11) is 0. The lowest BCUT2D eigenvalue weighted by molar-refractivity contribution is 0.318. The molecule has 1 fully saturated rings. The summed E-state index contributed by atoms with van der Waals surface area (Å²) in [6.45, 7) is 2.93. The summed E-state index contributed by atoms with van der Waals surface area (Å²) in [6.07, 6.45) is 5.43. The lowest BCUT2D eigenvalue weighted by atomic mass is 10.1. The maximum atomic E-state index is 8.72. The van der Waals surface area contributed by atoms with Crippen molar-refractivity contribution in [3.63, 3.8) is 0 Å². The molecule has 2 rings (SSSR count). The van der Waals surface area contributed by atoms with Gasteiger partial charge in [0.2, 0.25) is 0 Å². The number of hydrogen-bond donors (Lipinski definition) is 3. The molecule has 1 heterocycles. The Kier molecular flexibility index (Phi) is 4.15. The van der Waals surface area contributed by atoms with E-state index >= 15 is 0 Å². The van der Waals surface area contributed by atoms with Crippen molar-refractivity contribution in [3.05, 3.63) is 29.6 Å². The molecular formula is C13H20N4O. The second-order valence-corrected chi connectivity index (χ2v) is 4.77. The Labute approximate surface area is 107 Å². The maximum absolute atomic E-state index is 8.72. The summed E-state index contributed by atoms with van der Waals surface area (Å²) in [4.78, 5) is 4.15. The first-order valence-corrected chi connectivity index (χ1v) is 6.41. The fourth-order valence-corrected chi connectivity index (χ4v) is 2.29. The van der Waals surface area contributed by atoms with Crippen LogP contribution < -0.4 is 11.1 Å². The summed E-state index contributed by atoms with van der Waals surface area (Å²) in [5.74, 6) is 0.882. The third-order valence-electron chi connectivity index (χ3n) is 3.38. The molecular weight excluding hydrogens is 228 g/mol. The number of rotatable bonds is 6. The van der Waals surface area contributed by atoms with Gasteiger partial charge >= 0.3 is 0 Å². The van der Waals surface area contributed by atoms with E-state index in [9.17, 15) is 0 Å². The summed E-state index contributed by atoms with van der Waals surface area (Å²) in [6, 6.07) is 4.43. The zero-order valence-electron chi connectivity index (χ0n) is 10.6. The number of aromatic nitrogens is 1. The van der Waals surface area contributed by atoms with Crippen molar-refractivity contribution in [2.75, 3.05) is 0 Å². The van der Waals surface area contributed by atoms with Crippen molar-refractivity contribution in [1.29, 1.82) is 0 Å². The van der Waals surface area contributed by atoms with E-state index in [0.29, 0.717) is 18.3 Å². The van der Waals surface area contributed by atoms with E-state index < -0.39 is 0 Å². The molecule has 18 heavy (non-hydrogen) atoms. The fraction of sp³-hybridized carbons (Fsp3) is 0.538. The van der Waals surface area contributed by atoms with Gasteiger partial charge in [-0.3, -0.25) is 4.98 Å². The van der Waals surface area contributed by atoms with Crippen molar-refractivity contribution in [2.45, 2.75) is 38.8 Å². The summed E-state index contributed by atoms with van der Waals surface area (Å²) < 4.78 is 0. The first-order chi connectivity index (χ1) is 8.76. The second-order valence-electron chi connectivity index (χ2n) is 4.77. The van der Waals surface area contributed by atoms with Crippen LogP contribution in [0.15, 0.2) is 23.5 Å². The van der Waals surface area contributed by atoms with Crippen LogP contribution in [0.3, 0.4) is 0 Å². The molecule has 98 valence electrons. The summed E-state index contributed by atoms with van der Waals surface area (Å²) in [5.41, 5.74) is 7.13. The first kappa shape index (κ1) is 12.8. The van der Waals surface area contributed by atoms with Crippen LogP contribution in [-0.2, 0) is 6.54 Å². The van der Waals surface area contributed by atoms with Crippen LogP contribution in [0.1, 0.15) is 37.4 Å². The molecule has 1 aromatic rings. The van der Waals surface area contributed by atoms with Crippen molar-refractivity contribution in [2.24, 2.45) is 16.8 Å². The van der Waals surface area contributed by atoms with Crippen molar-refractivity contribution >= 4 is 5.84 Å². The monoisotopic (exact) mass is 248 g/mol. The molecule has 1 aliphatic rings. The summed E-state index contributed by atoms with van der Waals surface area (Å²) >= 11 is 0. The molecule has 1 aliphatic carbocycles. The van der Waals surface area contributed by atoms with Gasteiger partial charge in [-0.15, -0.1) is 0 Å². The average molecular weight is 248 g/mol. The predicted molar refractivity (Wildman–Crippen MR) is 70.4 cm³/mol. The standard InChI is InChI=1S/C13H20N4O/c1-2-4-9-7-11(9)16-8-10-5-3-6-15-12(10)13(14)17-18/h3,5-6,9,11,16,18H,2,4,7-8H2,1H3,(H2,14,17). The number of pyridine rings is 1. The van der Waals surface area contributed by atoms with Crippen LogP contribution in [0.5, 0.6) is 0 Å². The molecule has 0 spiro atoms. The molecule has 0 aliphatic heterocycles. The molecule has 0 radical (unpaired) electrons. The minimum absolute atomic E-state index is 0.0632. The quantitative estimate of drug-likeness (QED) is 0.308. The SMILES string of the molecule is CCCC1CC1NCc1cccnc1/C(N)=N/O. The van der Waals surface area contributed by atoms with Crippen molar-refractivity contribution < 1.29 is 5.21 Å². The Bertz CT molecular complexity index is 433. The highest BCUT2D eigenvalue weighted by molar-refractivity contribution is 5.96. The molecule has 0 amide bonds. The normalized spacial score (nSPS) is 23.1. The van der Waals surface area contributed by atoms with Crippen LogP contribution in [0.4, 0.5) is 0 Å². The van der Waals surface area contributed by atoms with Crippen LogP contribution in [0, 0.1) is 5.92 Å². The highest BCUT2D eigenvalue weighted by Gasteiger charge is 2.35. The Hall–Kier alpha value is -1.62. The fourth-order valence-electron chi connectivity index (χ4n) is 2.29. The van der Waals surface area contributed by atoms with Gasteiger partial charge in [0.05, 0.1) is 0 Å². The highest BCUT2D eigenvalue weighted by atomic mass is 16.4. The van der Waals surface area contributed by atoms with E-state index in [1.54, 1.807) is 6.20 Å². The highest BCUT2D eigenvalue weighted by Crippen LogP contribution is 2.34. The lowest BCUT2D eigenvalue weighted by Crippen LogP contribution is -2.23. The number of hydrogen-bond acceptors (Lipinski definition) is 4. The first-order valence-electron chi connectivity index (χ1n) is 6.41. The second kappa shape index (κ2) is 5.82. The van der Waals surface area contributed by atoms with Crippen LogP contribution in [0.25, 0.3) is 0 Å². The average Bonchev–Trinajstić information content (AvgIpc) is 3.15. The van der Waals surface area contributed by atoms with Gasteiger partial charge in [0.15, 0.2) is 5.84 Å². The number of nitrogens with one attached hydrogen (secondary N) is 1. The summed E-state index contributed by atoms with van der Waals surface area (Å²) in [5, 5.41) is 15.2. The van der Waals surface area contributed by atoms with Gasteiger partial charge in [-0.1, -0.05) is 24.6 Å². The van der Waals surface area contributed by atoms with E-state index in [1.807, 2.05) is 12.1 Å². The number of nitrogens with zero attached hydrogens (tertiary/aromatic N) is 2. The molecule has 1 saturated carbocycles. The topological polar surface area (TPSA) is 83.5 Å². The Morgan fingerprint density at radius 2 is 2.50 bits per heavy atom. The van der Waals surface area contributed by atoms with E-state index in [0.717, 1.165) is 11.5 Å². The smallest absolute Gasteiger partial charge is 0.189 e. The Morgan fingerprint density at radius 3 is 3.22 bits per heavy atom. The molecule has 1 aromatic heterocycles. The molecule has 2 unspecified atom stereocenters. The number of amidine groups is 1. The molecule has 4 N–H and O–H groups in total. The zero-order chi connectivity index (χ0) is 13.0. The zero-order valence-corrected chi connectivity index (χ0v) is 10.6. The van der Waals surface area contributed by atoms with Gasteiger partial charge in [0.25, 0.3) is 0 Å². The number of nitrogens with two attached hydrogens (primary N) is 1. The Morgan fingerprint density at radius 1 is 1.67 bits per heavy atom. The van der Waals surface area contributed by atoms with E-state index in [1.165, 1.54) is 19.3 Å². The van der Waals surface area contributed by atoms with Crippen molar-refractivity contribution in [1.82, 2.24) is 10.3 Å². The third-order valence-corrected chi connectivity index (χ3v) is 3.38. The van der Waals surface area contributed by atoms with Crippen LogP contribution in [-0.4, -0.2) is 22.1 Å². The molecule has 0 aromatic carbocycles. The van der Waals surface area contributed by atoms with E-state index in [2.05, 4.69) is 22.4 Å².